The molecule has 0 spiro atoms. The van der Waals surface area contributed by atoms with Crippen molar-refractivity contribution in [3.8, 4) is 0 Å². The van der Waals surface area contributed by atoms with E-state index in [-0.39, 0.29) is 27.8 Å². The SMILES string of the molecule is C=C(C)C(=O)OCC(COC(=O)C(=C)C)(COC(=O)C(=C)C)COC(=O)c1cccc2ccc3cccc(C(=O)O)c3c12. The van der Waals surface area contributed by atoms with Gasteiger partial charge in [-0.2, -0.15) is 0 Å². The van der Waals surface area contributed by atoms with Crippen LogP contribution in [0.15, 0.2) is 85.0 Å². The molecule has 0 aliphatic heterocycles. The van der Waals surface area contributed by atoms with Crippen molar-refractivity contribution in [3.63, 3.8) is 0 Å². The minimum Gasteiger partial charge on any atom is -0.478 e. The van der Waals surface area contributed by atoms with E-state index >= 15 is 0 Å². The molecule has 224 valence electrons. The van der Waals surface area contributed by atoms with E-state index in [1.807, 2.05) is 0 Å². The fourth-order valence-corrected chi connectivity index (χ4v) is 4.08. The lowest BCUT2D eigenvalue weighted by molar-refractivity contribution is -0.160. The molecule has 1 N–H and O–H groups in total. The average Bonchev–Trinajstić information content (AvgIpc) is 2.98. The molecular weight excluding hydrogens is 556 g/mol. The zero-order valence-electron chi connectivity index (χ0n) is 24.2. The lowest BCUT2D eigenvalue weighted by atomic mass is 9.91. The summed E-state index contributed by atoms with van der Waals surface area (Å²) in [6.45, 7) is 12.9. The van der Waals surface area contributed by atoms with Gasteiger partial charge >= 0.3 is 29.8 Å². The van der Waals surface area contributed by atoms with Crippen LogP contribution in [-0.4, -0.2) is 61.4 Å². The molecule has 43 heavy (non-hydrogen) atoms. The van der Waals surface area contributed by atoms with Gasteiger partial charge in [-0.3, -0.25) is 0 Å². The van der Waals surface area contributed by atoms with Gasteiger partial charge in [-0.15, -0.1) is 0 Å². The summed E-state index contributed by atoms with van der Waals surface area (Å²) in [5.74, 6) is -4.32. The summed E-state index contributed by atoms with van der Waals surface area (Å²) >= 11 is 0. The first-order valence-electron chi connectivity index (χ1n) is 13.1. The largest absolute Gasteiger partial charge is 0.478 e. The molecule has 0 saturated heterocycles. The maximum Gasteiger partial charge on any atom is 0.338 e. The van der Waals surface area contributed by atoms with Crippen LogP contribution in [0.1, 0.15) is 41.5 Å². The summed E-state index contributed by atoms with van der Waals surface area (Å²) in [6.07, 6.45) is 0. The van der Waals surface area contributed by atoms with E-state index in [1.54, 1.807) is 36.4 Å². The van der Waals surface area contributed by atoms with E-state index in [0.717, 1.165) is 0 Å². The van der Waals surface area contributed by atoms with Crippen LogP contribution in [0, 0.1) is 5.41 Å². The monoisotopic (exact) mass is 588 g/mol. The van der Waals surface area contributed by atoms with Crippen LogP contribution in [0.4, 0.5) is 0 Å². The van der Waals surface area contributed by atoms with Crippen LogP contribution in [0.5, 0.6) is 0 Å². The predicted octanol–water partition coefficient (Wildman–Crippen LogP) is 5.19. The quantitative estimate of drug-likeness (QED) is 0.123. The van der Waals surface area contributed by atoms with Crippen molar-refractivity contribution in [1.29, 1.82) is 0 Å². The van der Waals surface area contributed by atoms with E-state index in [1.165, 1.54) is 32.9 Å². The van der Waals surface area contributed by atoms with Crippen LogP contribution >= 0.6 is 0 Å². The van der Waals surface area contributed by atoms with Crippen LogP contribution in [0.3, 0.4) is 0 Å². The molecule has 0 atom stereocenters. The topological polar surface area (TPSA) is 142 Å². The molecule has 0 bridgehead atoms. The Balaban J connectivity index is 2.05. The molecule has 0 saturated carbocycles. The molecule has 0 amide bonds. The summed E-state index contributed by atoms with van der Waals surface area (Å²) < 4.78 is 21.7. The van der Waals surface area contributed by atoms with Gasteiger partial charge in [0.1, 0.15) is 31.8 Å². The summed E-state index contributed by atoms with van der Waals surface area (Å²) in [5, 5.41) is 11.8. The number of carbonyl (C=O) groups excluding carboxylic acids is 4. The van der Waals surface area contributed by atoms with Crippen molar-refractivity contribution in [2.24, 2.45) is 5.41 Å². The zero-order valence-corrected chi connectivity index (χ0v) is 24.2. The van der Waals surface area contributed by atoms with Gasteiger partial charge in [0, 0.05) is 27.5 Å². The first-order valence-corrected chi connectivity index (χ1v) is 13.1. The van der Waals surface area contributed by atoms with Crippen molar-refractivity contribution in [2.45, 2.75) is 20.8 Å². The van der Waals surface area contributed by atoms with Gasteiger partial charge in [0.15, 0.2) is 0 Å². The Morgan fingerprint density at radius 2 is 0.977 bits per heavy atom. The molecule has 0 aliphatic carbocycles. The maximum atomic E-state index is 13.6. The number of carboxylic acids is 1. The Bertz CT molecular complexity index is 1590. The van der Waals surface area contributed by atoms with E-state index in [9.17, 15) is 29.1 Å². The van der Waals surface area contributed by atoms with Crippen LogP contribution in [-0.2, 0) is 33.3 Å². The maximum absolute atomic E-state index is 13.6. The Morgan fingerprint density at radius 1 is 0.605 bits per heavy atom. The van der Waals surface area contributed by atoms with Gasteiger partial charge in [-0.25, -0.2) is 24.0 Å². The fourth-order valence-electron chi connectivity index (χ4n) is 4.08. The molecule has 0 fully saturated rings. The lowest BCUT2D eigenvalue weighted by Crippen LogP contribution is -2.44. The molecule has 3 aromatic rings. The molecule has 0 radical (unpaired) electrons. The fraction of sp³-hybridized carbons (Fsp3) is 0.242. The minimum atomic E-state index is -1.55. The highest BCUT2D eigenvalue weighted by Crippen LogP contribution is 2.32. The van der Waals surface area contributed by atoms with E-state index in [4.69, 9.17) is 18.9 Å². The molecule has 0 heterocycles. The van der Waals surface area contributed by atoms with Crippen molar-refractivity contribution < 1.29 is 48.0 Å². The normalized spacial score (nSPS) is 11.0. The van der Waals surface area contributed by atoms with Crippen molar-refractivity contribution in [2.75, 3.05) is 26.4 Å². The highest BCUT2D eigenvalue weighted by Gasteiger charge is 2.38. The highest BCUT2D eigenvalue weighted by molar-refractivity contribution is 6.21. The second-order valence-corrected chi connectivity index (χ2v) is 10.3. The van der Waals surface area contributed by atoms with Gasteiger partial charge in [0.25, 0.3) is 0 Å². The Hall–Kier alpha value is -5.25. The number of aromatic carboxylic acids is 1. The van der Waals surface area contributed by atoms with Crippen LogP contribution < -0.4 is 0 Å². The van der Waals surface area contributed by atoms with Gasteiger partial charge in [-0.05, 0) is 43.7 Å². The third-order valence-corrected chi connectivity index (χ3v) is 6.42. The number of hydrogen-bond donors (Lipinski definition) is 1. The third-order valence-electron chi connectivity index (χ3n) is 6.42. The molecular formula is C33H32O10. The van der Waals surface area contributed by atoms with E-state index < -0.39 is 61.7 Å². The zero-order chi connectivity index (χ0) is 31.9. The number of rotatable bonds is 13. The van der Waals surface area contributed by atoms with Crippen LogP contribution in [0.25, 0.3) is 21.5 Å². The number of ether oxygens (including phenoxy) is 4. The van der Waals surface area contributed by atoms with Crippen molar-refractivity contribution >= 4 is 51.4 Å². The smallest absolute Gasteiger partial charge is 0.338 e. The number of carbonyl (C=O) groups is 5. The Kier molecular flexibility index (Phi) is 10.2. The van der Waals surface area contributed by atoms with Gasteiger partial charge in [-0.1, -0.05) is 56.1 Å². The molecule has 3 aromatic carbocycles. The number of fused-ring (bicyclic) bond motifs is 3. The molecule has 0 unspecified atom stereocenters. The first kappa shape index (κ1) is 32.3. The van der Waals surface area contributed by atoms with Gasteiger partial charge in [0.2, 0.25) is 0 Å². The first-order chi connectivity index (χ1) is 20.3. The second kappa shape index (κ2) is 13.6. The average molecular weight is 589 g/mol. The summed E-state index contributed by atoms with van der Waals surface area (Å²) in [5.41, 5.74) is -1.22. The predicted molar refractivity (Wildman–Crippen MR) is 158 cm³/mol. The summed E-state index contributed by atoms with van der Waals surface area (Å²) in [4.78, 5) is 62.5. The molecule has 10 nitrogen and oxygen atoms in total. The van der Waals surface area contributed by atoms with Crippen LogP contribution in [0.2, 0.25) is 0 Å². The number of esters is 4. The Morgan fingerprint density at radius 3 is 1.37 bits per heavy atom. The summed E-state index contributed by atoms with van der Waals surface area (Å²) in [7, 11) is 0. The molecule has 0 aliphatic rings. The van der Waals surface area contributed by atoms with Gasteiger partial charge < -0.3 is 24.1 Å². The third kappa shape index (κ3) is 7.73. The minimum absolute atomic E-state index is 0.00261. The molecule has 3 rings (SSSR count). The molecule has 0 aromatic heterocycles. The highest BCUT2D eigenvalue weighted by atomic mass is 16.6. The number of hydrogen-bond acceptors (Lipinski definition) is 9. The Labute approximate surface area is 248 Å². The number of benzene rings is 3. The van der Waals surface area contributed by atoms with Gasteiger partial charge in [0.05, 0.1) is 11.1 Å². The molecule has 10 heteroatoms. The lowest BCUT2D eigenvalue weighted by Gasteiger charge is -2.31. The second-order valence-electron chi connectivity index (χ2n) is 10.3. The van der Waals surface area contributed by atoms with Crippen molar-refractivity contribution in [3.05, 3.63) is 96.1 Å². The van der Waals surface area contributed by atoms with E-state index in [0.29, 0.717) is 21.5 Å². The number of carboxylic acid groups (broad SMARTS) is 1. The van der Waals surface area contributed by atoms with E-state index in [2.05, 4.69) is 19.7 Å². The van der Waals surface area contributed by atoms with Crippen molar-refractivity contribution in [1.82, 2.24) is 0 Å². The standard InChI is InChI=1S/C33H32O10/c1-19(2)29(36)40-15-33(16-41-30(37)20(3)4,17-42-31(38)21(5)6)18-43-32(39)25-12-8-10-23-14-13-22-9-7-11-24(28(34)35)26(22)27(23)25/h7-14H,1,3,5,15-18H2,2,4,6H3,(H,34,35). The summed E-state index contributed by atoms with van der Waals surface area (Å²) in [6, 6.07) is 13.2.